The van der Waals surface area contributed by atoms with E-state index in [2.05, 4.69) is 20.3 Å². The van der Waals surface area contributed by atoms with Gasteiger partial charge in [0.2, 0.25) is 4.96 Å². The van der Waals surface area contributed by atoms with Gasteiger partial charge in [-0.3, -0.25) is 0 Å². The summed E-state index contributed by atoms with van der Waals surface area (Å²) in [7, 11) is 0. The number of hydrogen-bond acceptors (Lipinski definition) is 6. The second-order valence-corrected chi connectivity index (χ2v) is 6.94. The van der Waals surface area contributed by atoms with E-state index in [1.807, 2.05) is 13.8 Å². The third-order valence-corrected chi connectivity index (χ3v) is 5.32. The predicted molar refractivity (Wildman–Crippen MR) is 84.6 cm³/mol. The molecule has 0 saturated heterocycles. The van der Waals surface area contributed by atoms with Crippen LogP contribution in [-0.4, -0.2) is 24.8 Å². The normalized spacial score (nSPS) is 11.4. The van der Waals surface area contributed by atoms with Crippen LogP contribution in [0, 0.1) is 19.7 Å². The Kier molecular flexibility index (Phi) is 3.02. The Morgan fingerprint density at radius 1 is 1.05 bits per heavy atom. The first-order valence-corrected chi connectivity index (χ1v) is 8.18. The minimum Gasteiger partial charge on any atom is -0.246 e. The minimum atomic E-state index is -0.278. The van der Waals surface area contributed by atoms with Gasteiger partial charge in [0.25, 0.3) is 0 Å². The third kappa shape index (κ3) is 2.11. The van der Waals surface area contributed by atoms with E-state index >= 15 is 0 Å². The van der Waals surface area contributed by atoms with E-state index in [1.54, 1.807) is 28.0 Å². The summed E-state index contributed by atoms with van der Waals surface area (Å²) in [5.74, 6) is 0.329. The van der Waals surface area contributed by atoms with E-state index in [4.69, 9.17) is 0 Å². The molecule has 3 aromatic heterocycles. The molecule has 0 spiro atoms. The van der Waals surface area contributed by atoms with Gasteiger partial charge in [0, 0.05) is 5.56 Å². The topological polar surface area (TPSA) is 56.0 Å². The van der Waals surface area contributed by atoms with Crippen molar-refractivity contribution >= 4 is 27.6 Å². The van der Waals surface area contributed by atoms with Crippen molar-refractivity contribution in [1.82, 2.24) is 24.8 Å². The lowest BCUT2D eigenvalue weighted by Crippen LogP contribution is -1.91. The number of halogens is 1. The zero-order chi connectivity index (χ0) is 15.3. The molecule has 1 aromatic carbocycles. The van der Waals surface area contributed by atoms with Crippen molar-refractivity contribution in [2.45, 2.75) is 13.8 Å². The summed E-state index contributed by atoms with van der Waals surface area (Å²) in [4.78, 5) is 6.19. The zero-order valence-electron chi connectivity index (χ0n) is 11.7. The largest absolute Gasteiger partial charge is 0.246 e. The van der Waals surface area contributed by atoms with Gasteiger partial charge in [-0.05, 0) is 38.1 Å². The molecule has 22 heavy (non-hydrogen) atoms. The standard InChI is InChI=1S/C14H10FN5S2/c1-7-11(21-8(2)16-7)13-19-20-12(17-18-14(20)22-13)9-3-5-10(15)6-4-9/h3-6H,1-2H3. The molecule has 0 N–H and O–H groups in total. The summed E-state index contributed by atoms with van der Waals surface area (Å²) < 4.78 is 14.7. The molecule has 0 aliphatic heterocycles. The summed E-state index contributed by atoms with van der Waals surface area (Å²) in [6.07, 6.45) is 0. The van der Waals surface area contributed by atoms with Crippen molar-refractivity contribution < 1.29 is 4.39 Å². The van der Waals surface area contributed by atoms with Gasteiger partial charge in [-0.15, -0.1) is 21.5 Å². The number of aromatic nitrogens is 5. The first-order chi connectivity index (χ1) is 10.6. The van der Waals surface area contributed by atoms with Crippen LogP contribution in [0.3, 0.4) is 0 Å². The Morgan fingerprint density at radius 3 is 2.50 bits per heavy atom. The van der Waals surface area contributed by atoms with Gasteiger partial charge < -0.3 is 0 Å². The fraction of sp³-hybridized carbons (Fsp3) is 0.143. The monoisotopic (exact) mass is 331 g/mol. The van der Waals surface area contributed by atoms with Gasteiger partial charge in [0.1, 0.15) is 5.82 Å². The Bertz CT molecular complexity index is 967. The molecule has 0 fully saturated rings. The molecule has 0 atom stereocenters. The quantitative estimate of drug-likeness (QED) is 0.561. The second-order valence-electron chi connectivity index (χ2n) is 4.78. The van der Waals surface area contributed by atoms with Crippen LogP contribution in [0.2, 0.25) is 0 Å². The Morgan fingerprint density at radius 2 is 1.82 bits per heavy atom. The molecule has 3 heterocycles. The van der Waals surface area contributed by atoms with Crippen LogP contribution >= 0.6 is 22.7 Å². The molecule has 0 radical (unpaired) electrons. The second kappa shape index (κ2) is 4.92. The fourth-order valence-corrected chi connectivity index (χ4v) is 4.10. The highest BCUT2D eigenvalue weighted by Gasteiger charge is 2.17. The van der Waals surface area contributed by atoms with E-state index in [9.17, 15) is 4.39 Å². The van der Waals surface area contributed by atoms with Crippen molar-refractivity contribution in [3.05, 3.63) is 40.8 Å². The molecule has 110 valence electrons. The van der Waals surface area contributed by atoms with E-state index in [1.165, 1.54) is 23.5 Å². The molecular formula is C14H10FN5S2. The van der Waals surface area contributed by atoms with Crippen molar-refractivity contribution in [2.75, 3.05) is 0 Å². The number of hydrogen-bond donors (Lipinski definition) is 0. The van der Waals surface area contributed by atoms with Gasteiger partial charge in [0.15, 0.2) is 10.8 Å². The van der Waals surface area contributed by atoms with Gasteiger partial charge in [-0.2, -0.15) is 9.61 Å². The number of fused-ring (bicyclic) bond motifs is 1. The first kappa shape index (κ1) is 13.5. The number of rotatable bonds is 2. The lowest BCUT2D eigenvalue weighted by atomic mass is 10.2. The maximum Gasteiger partial charge on any atom is 0.235 e. The van der Waals surface area contributed by atoms with Crippen molar-refractivity contribution in [3.63, 3.8) is 0 Å². The Labute approximate surface area is 133 Å². The van der Waals surface area contributed by atoms with Gasteiger partial charge in [-0.1, -0.05) is 11.3 Å². The predicted octanol–water partition coefficient (Wildman–Crippen LogP) is 3.73. The lowest BCUT2D eigenvalue weighted by molar-refractivity contribution is 0.628. The van der Waals surface area contributed by atoms with Crippen LogP contribution in [0.25, 0.3) is 26.2 Å². The molecule has 0 saturated carbocycles. The van der Waals surface area contributed by atoms with Gasteiger partial charge in [-0.25, -0.2) is 9.37 Å². The highest BCUT2D eigenvalue weighted by atomic mass is 32.1. The molecule has 4 rings (SSSR count). The van der Waals surface area contributed by atoms with E-state index in [0.717, 1.165) is 26.1 Å². The van der Waals surface area contributed by atoms with E-state index < -0.39 is 0 Å². The fourth-order valence-electron chi connectivity index (χ4n) is 2.22. The number of thiazole rings is 1. The van der Waals surface area contributed by atoms with Crippen molar-refractivity contribution in [1.29, 1.82) is 0 Å². The number of nitrogens with zero attached hydrogens (tertiary/aromatic N) is 5. The Balaban J connectivity index is 1.86. The minimum absolute atomic E-state index is 0.278. The average molecular weight is 331 g/mol. The van der Waals surface area contributed by atoms with E-state index in [0.29, 0.717) is 10.8 Å². The SMILES string of the molecule is Cc1nc(C)c(-c2nn3c(-c4ccc(F)cc4)nnc3s2)s1. The molecule has 8 heteroatoms. The van der Waals surface area contributed by atoms with Crippen LogP contribution in [0.15, 0.2) is 24.3 Å². The summed E-state index contributed by atoms with van der Waals surface area (Å²) in [6, 6.07) is 6.15. The van der Waals surface area contributed by atoms with Crippen LogP contribution < -0.4 is 0 Å². The molecule has 4 aromatic rings. The van der Waals surface area contributed by atoms with Gasteiger partial charge >= 0.3 is 0 Å². The molecule has 0 bridgehead atoms. The van der Waals surface area contributed by atoms with Crippen LogP contribution in [0.1, 0.15) is 10.7 Å². The summed E-state index contributed by atoms with van der Waals surface area (Å²) in [5.41, 5.74) is 1.75. The number of benzene rings is 1. The van der Waals surface area contributed by atoms with Crippen LogP contribution in [0.4, 0.5) is 4.39 Å². The molecule has 0 aliphatic carbocycles. The zero-order valence-corrected chi connectivity index (χ0v) is 13.4. The number of aryl methyl sites for hydroxylation is 2. The summed E-state index contributed by atoms with van der Waals surface area (Å²) in [6.45, 7) is 3.95. The average Bonchev–Trinajstić information content (AvgIpc) is 3.13. The highest BCUT2D eigenvalue weighted by Crippen LogP contribution is 2.33. The Hall–Kier alpha value is -2.19. The first-order valence-electron chi connectivity index (χ1n) is 6.54. The molecule has 0 unspecified atom stereocenters. The van der Waals surface area contributed by atoms with Crippen LogP contribution in [-0.2, 0) is 0 Å². The highest BCUT2D eigenvalue weighted by molar-refractivity contribution is 7.24. The van der Waals surface area contributed by atoms with E-state index in [-0.39, 0.29) is 5.82 Å². The van der Waals surface area contributed by atoms with Crippen molar-refractivity contribution in [3.8, 4) is 21.3 Å². The molecular weight excluding hydrogens is 321 g/mol. The molecule has 0 amide bonds. The molecule has 5 nitrogen and oxygen atoms in total. The molecule has 0 aliphatic rings. The third-order valence-electron chi connectivity index (χ3n) is 3.19. The van der Waals surface area contributed by atoms with Gasteiger partial charge in [0.05, 0.1) is 15.6 Å². The van der Waals surface area contributed by atoms with Crippen molar-refractivity contribution in [2.24, 2.45) is 0 Å². The maximum atomic E-state index is 13.1. The van der Waals surface area contributed by atoms with Crippen LogP contribution in [0.5, 0.6) is 0 Å². The lowest BCUT2D eigenvalue weighted by Gasteiger charge is -1.96. The maximum absolute atomic E-state index is 13.1. The summed E-state index contributed by atoms with van der Waals surface area (Å²) in [5, 5.41) is 14.8. The smallest absolute Gasteiger partial charge is 0.235 e. The summed E-state index contributed by atoms with van der Waals surface area (Å²) >= 11 is 3.09.